The lowest BCUT2D eigenvalue weighted by Gasteiger charge is -2.18. The second-order valence-electron chi connectivity index (χ2n) is 10.4. The molecule has 284 valence electrons. The summed E-state index contributed by atoms with van der Waals surface area (Å²) < 4.78 is 20.0. The smallest absolute Gasteiger partial charge is 0.349 e. The maximum atomic E-state index is 13.0. The first kappa shape index (κ1) is 43.2. The number of hydrogen-bond donors (Lipinski definition) is 1. The highest BCUT2D eigenvalue weighted by Crippen LogP contribution is 2.15. The van der Waals surface area contributed by atoms with E-state index in [1.165, 1.54) is 24.3 Å². The van der Waals surface area contributed by atoms with E-state index in [1.54, 1.807) is 0 Å². The summed E-state index contributed by atoms with van der Waals surface area (Å²) in [6, 6.07) is 4.70. The van der Waals surface area contributed by atoms with Crippen LogP contribution in [0.3, 0.4) is 0 Å². The van der Waals surface area contributed by atoms with Gasteiger partial charge < -0.3 is 38.8 Å². The predicted octanol–water partition coefficient (Wildman–Crippen LogP) is 1.77. The van der Waals surface area contributed by atoms with Crippen LogP contribution in [-0.2, 0) is 59.1 Å². The summed E-state index contributed by atoms with van der Waals surface area (Å²) in [5, 5.41) is 30.1. The molecule has 0 saturated heterocycles. The Morgan fingerprint density at radius 3 is 1.76 bits per heavy atom. The summed E-state index contributed by atoms with van der Waals surface area (Å²) in [7, 11) is 0. The number of nitrogens with one attached hydrogen (secondary N) is 1. The average molecular weight is 733 g/mol. The molecule has 0 aliphatic heterocycles. The summed E-state index contributed by atoms with van der Waals surface area (Å²) in [6.45, 7) is -1.91. The van der Waals surface area contributed by atoms with E-state index in [0.29, 0.717) is 56.9 Å². The summed E-state index contributed by atoms with van der Waals surface area (Å²) in [5.41, 5.74) is 0.543. The number of benzene rings is 1. The number of esters is 4. The Kier molecular flexibility index (Phi) is 22.1. The standard InChI is InChI=1S/C29H40N4O18/c34-25(9-3-1-6-17-48-31(39)40)30-24(29(38)46-16-5-2-4-10-26(35)45-15-7-8-18-49-32(41)42)19-22-11-13-23(14-12-22)51-28(37)20-47-27(36)21-50-33(43)44/h11-14,24H,1-10,15-21H2,(H,30,34). The molecule has 0 bridgehead atoms. The molecule has 1 aromatic rings. The van der Waals surface area contributed by atoms with E-state index in [0.717, 1.165) is 0 Å². The van der Waals surface area contributed by atoms with Crippen molar-refractivity contribution in [3.63, 3.8) is 0 Å². The minimum atomic E-state index is -1.20. The fourth-order valence-corrected chi connectivity index (χ4v) is 3.96. The van der Waals surface area contributed by atoms with Crippen LogP contribution in [0.4, 0.5) is 0 Å². The Morgan fingerprint density at radius 2 is 1.14 bits per heavy atom. The van der Waals surface area contributed by atoms with E-state index in [4.69, 9.17) is 14.2 Å². The molecule has 1 N–H and O–H groups in total. The molecule has 1 amide bonds. The second kappa shape index (κ2) is 26.1. The molecule has 0 heterocycles. The highest BCUT2D eigenvalue weighted by Gasteiger charge is 2.23. The van der Waals surface area contributed by atoms with Gasteiger partial charge in [-0.2, -0.15) is 0 Å². The summed E-state index contributed by atoms with van der Waals surface area (Å²) in [6.07, 6.45) is 3.54. The number of amides is 1. The van der Waals surface area contributed by atoms with E-state index in [9.17, 15) is 54.3 Å². The van der Waals surface area contributed by atoms with Crippen molar-refractivity contribution in [2.45, 2.75) is 76.7 Å². The van der Waals surface area contributed by atoms with Crippen LogP contribution in [0, 0.1) is 30.3 Å². The van der Waals surface area contributed by atoms with Gasteiger partial charge in [0.25, 0.3) is 15.3 Å². The second-order valence-corrected chi connectivity index (χ2v) is 10.4. The number of nitrogens with zero attached hydrogens (tertiary/aromatic N) is 3. The molecule has 1 aromatic carbocycles. The first-order valence-corrected chi connectivity index (χ1v) is 15.7. The summed E-state index contributed by atoms with van der Waals surface area (Å²) >= 11 is 0. The molecule has 0 aliphatic carbocycles. The Morgan fingerprint density at radius 1 is 0.588 bits per heavy atom. The van der Waals surface area contributed by atoms with Gasteiger partial charge in [0.1, 0.15) is 11.8 Å². The van der Waals surface area contributed by atoms with Gasteiger partial charge in [-0.3, -0.25) is 9.59 Å². The molecule has 0 aromatic heterocycles. The van der Waals surface area contributed by atoms with Gasteiger partial charge in [0.2, 0.25) is 5.91 Å². The van der Waals surface area contributed by atoms with Gasteiger partial charge in [-0.05, 0) is 62.6 Å². The fourth-order valence-electron chi connectivity index (χ4n) is 3.96. The summed E-state index contributed by atoms with van der Waals surface area (Å²) in [5.74, 6) is -3.69. The number of rotatable bonds is 29. The third kappa shape index (κ3) is 24.0. The SMILES string of the molecule is O=C(CCCCCO[N+](=O)[O-])NC(Cc1ccc(OC(=O)COC(=O)CO[N+](=O)[O-])cc1)C(=O)OCCCCCC(=O)OCCCCO[N+](=O)[O-]. The largest absolute Gasteiger partial charge is 0.466 e. The molecule has 0 saturated carbocycles. The Hall–Kier alpha value is -5.83. The van der Waals surface area contributed by atoms with Crippen molar-refractivity contribution in [2.75, 3.05) is 39.6 Å². The van der Waals surface area contributed by atoms with Crippen LogP contribution in [0.1, 0.15) is 69.8 Å². The van der Waals surface area contributed by atoms with Crippen molar-refractivity contribution in [3.05, 3.63) is 60.2 Å². The molecule has 1 rings (SSSR count). The third-order valence-corrected chi connectivity index (χ3v) is 6.37. The lowest BCUT2D eigenvalue weighted by Crippen LogP contribution is -2.43. The molecular formula is C29H40N4O18. The molecule has 0 radical (unpaired) electrons. The highest BCUT2D eigenvalue weighted by atomic mass is 17.0. The quantitative estimate of drug-likeness (QED) is 0.0306. The minimum Gasteiger partial charge on any atom is -0.466 e. The number of carbonyl (C=O) groups excluding carboxylic acids is 5. The highest BCUT2D eigenvalue weighted by molar-refractivity contribution is 5.84. The monoisotopic (exact) mass is 732 g/mol. The molecule has 1 atom stereocenters. The van der Waals surface area contributed by atoms with Gasteiger partial charge in [0, 0.05) is 19.3 Å². The van der Waals surface area contributed by atoms with Gasteiger partial charge in [-0.15, -0.1) is 30.3 Å². The van der Waals surface area contributed by atoms with Gasteiger partial charge in [0.15, 0.2) is 13.2 Å². The van der Waals surface area contributed by atoms with Crippen LogP contribution in [0.25, 0.3) is 0 Å². The molecule has 22 heteroatoms. The minimum absolute atomic E-state index is 0.00473. The zero-order valence-corrected chi connectivity index (χ0v) is 27.6. The van der Waals surface area contributed by atoms with Gasteiger partial charge in [0.05, 0.1) is 26.4 Å². The lowest BCUT2D eigenvalue weighted by atomic mass is 10.1. The Labute approximate surface area is 290 Å². The zero-order valence-electron chi connectivity index (χ0n) is 27.6. The first-order chi connectivity index (χ1) is 24.3. The normalized spacial score (nSPS) is 10.9. The van der Waals surface area contributed by atoms with Crippen molar-refractivity contribution < 1.29 is 72.7 Å². The number of hydrogen-bond acceptors (Lipinski definition) is 18. The molecule has 1 unspecified atom stereocenters. The van der Waals surface area contributed by atoms with Crippen molar-refractivity contribution in [3.8, 4) is 5.75 Å². The van der Waals surface area contributed by atoms with E-state index in [1.807, 2.05) is 0 Å². The van der Waals surface area contributed by atoms with Crippen LogP contribution >= 0.6 is 0 Å². The molecule has 0 aliphatic rings. The Balaban J connectivity index is 2.58. The van der Waals surface area contributed by atoms with Crippen molar-refractivity contribution >= 4 is 29.8 Å². The topological polar surface area (TPSA) is 291 Å². The number of ether oxygens (including phenoxy) is 4. The van der Waals surface area contributed by atoms with Crippen LogP contribution < -0.4 is 10.1 Å². The predicted molar refractivity (Wildman–Crippen MR) is 166 cm³/mol. The first-order valence-electron chi connectivity index (χ1n) is 15.7. The van der Waals surface area contributed by atoms with E-state index < -0.39 is 64.3 Å². The third-order valence-electron chi connectivity index (χ3n) is 6.37. The van der Waals surface area contributed by atoms with Crippen molar-refractivity contribution in [1.29, 1.82) is 0 Å². The van der Waals surface area contributed by atoms with Gasteiger partial charge >= 0.3 is 23.9 Å². The molecule has 22 nitrogen and oxygen atoms in total. The van der Waals surface area contributed by atoms with Crippen LogP contribution in [0.5, 0.6) is 5.75 Å². The van der Waals surface area contributed by atoms with E-state index in [2.05, 4.69) is 24.6 Å². The van der Waals surface area contributed by atoms with Crippen molar-refractivity contribution in [1.82, 2.24) is 5.32 Å². The maximum Gasteiger partial charge on any atom is 0.349 e. The van der Waals surface area contributed by atoms with Gasteiger partial charge in [-0.1, -0.05) is 18.6 Å². The maximum absolute atomic E-state index is 13.0. The molecule has 0 fully saturated rings. The van der Waals surface area contributed by atoms with Crippen LogP contribution in [0.15, 0.2) is 24.3 Å². The number of unbranched alkanes of at least 4 members (excludes halogenated alkanes) is 5. The number of carbonyl (C=O) groups is 5. The van der Waals surface area contributed by atoms with Gasteiger partial charge in [-0.25, -0.2) is 14.4 Å². The van der Waals surface area contributed by atoms with Crippen molar-refractivity contribution in [2.24, 2.45) is 0 Å². The molecule has 51 heavy (non-hydrogen) atoms. The molecular weight excluding hydrogens is 692 g/mol. The average Bonchev–Trinajstić information content (AvgIpc) is 3.07. The zero-order chi connectivity index (χ0) is 37.9. The van der Waals surface area contributed by atoms with Crippen LogP contribution in [-0.4, -0.2) is 90.7 Å². The van der Waals surface area contributed by atoms with Crippen LogP contribution in [0.2, 0.25) is 0 Å². The Bertz CT molecular complexity index is 1290. The lowest BCUT2D eigenvalue weighted by molar-refractivity contribution is -0.757. The molecule has 0 spiro atoms. The van der Waals surface area contributed by atoms with E-state index in [-0.39, 0.29) is 51.4 Å². The fraction of sp³-hybridized carbons (Fsp3) is 0.621. The summed E-state index contributed by atoms with van der Waals surface area (Å²) in [4.78, 5) is 103. The van der Waals surface area contributed by atoms with E-state index >= 15 is 0 Å².